The summed E-state index contributed by atoms with van der Waals surface area (Å²) in [6, 6.07) is 89.1. The molecule has 86 heavy (non-hydrogen) atoms. The summed E-state index contributed by atoms with van der Waals surface area (Å²) in [4.78, 5) is 6.17. The largest absolute Gasteiger partial charge is 0.309 e. The van der Waals surface area contributed by atoms with Crippen LogP contribution in [0.2, 0.25) is 0 Å². The SMILES string of the molecule is CC(C)(C)c1cc(-c2ccc3c(c2)c2ccccc2n3-c2ccccc2)c2c(c1)c1cc(C(C)(C)C)cc3c4nc5c(cc4n2c13)c1cc2ccccc2c2c3c4ccccc4cc(-c4ccc6c(c4)c4ccccc4n6-c4ccccc4)c3n5c12. The molecule has 0 atom stereocenters. The van der Waals surface area contributed by atoms with Crippen LogP contribution in [0.4, 0.5) is 0 Å². The molecule has 0 aliphatic rings. The summed E-state index contributed by atoms with van der Waals surface area (Å²) >= 11 is 0. The minimum absolute atomic E-state index is 0.117. The molecule has 19 rings (SSSR count). The standard InChI is InChI=1S/C81H57N5/c1-80(2,3)50-41-59(49-34-36-70-61(39-49)57-30-18-20-32-68(57)84(70)53-25-11-8-12-26-53)75-63(42-50)64-43-51(81(4,5)6)44-66-74-71(85(75)76(64)66)45-65-62-40-47-22-14-16-28-55(47)73-72-54-27-15-13-21-46(54)37-58(77(72)86(78(62)73)79(65)82-74)48-33-35-69-60(38-48)56-29-17-19-31-67(56)83(69)52-23-9-7-10-24-52/h7-45H,1-6H3. The summed E-state index contributed by atoms with van der Waals surface area (Å²) in [6.07, 6.45) is 0. The van der Waals surface area contributed by atoms with Gasteiger partial charge in [-0.1, -0.05) is 175 Å². The van der Waals surface area contributed by atoms with Gasteiger partial charge in [0.15, 0.2) is 0 Å². The third kappa shape index (κ3) is 6.31. The second-order valence-corrected chi connectivity index (χ2v) is 26.3. The van der Waals surface area contributed by atoms with Gasteiger partial charge in [-0.2, -0.15) is 0 Å². The third-order valence-corrected chi connectivity index (χ3v) is 19.4. The van der Waals surface area contributed by atoms with Crippen LogP contribution in [-0.2, 0) is 10.8 Å². The molecule has 0 aliphatic heterocycles. The Morgan fingerprint density at radius 2 is 0.744 bits per heavy atom. The van der Waals surface area contributed by atoms with Gasteiger partial charge in [0.1, 0.15) is 5.65 Å². The van der Waals surface area contributed by atoms with E-state index in [2.05, 4.69) is 296 Å². The van der Waals surface area contributed by atoms with Crippen molar-refractivity contribution in [3.8, 4) is 33.6 Å². The van der Waals surface area contributed by atoms with Crippen molar-refractivity contribution >= 4 is 142 Å². The maximum Gasteiger partial charge on any atom is 0.146 e. The Bertz CT molecular complexity index is 6130. The van der Waals surface area contributed by atoms with Gasteiger partial charge < -0.3 is 13.5 Å². The van der Waals surface area contributed by atoms with E-state index in [1.807, 2.05) is 0 Å². The zero-order chi connectivity index (χ0) is 57.2. The van der Waals surface area contributed by atoms with E-state index in [0.717, 1.165) is 33.4 Å². The average Bonchev–Trinajstić information content (AvgIpc) is 1.54. The molecule has 0 radical (unpaired) electrons. The maximum atomic E-state index is 6.17. The van der Waals surface area contributed by atoms with Crippen LogP contribution in [0, 0.1) is 0 Å². The van der Waals surface area contributed by atoms with Crippen molar-refractivity contribution in [2.75, 3.05) is 0 Å². The summed E-state index contributed by atoms with van der Waals surface area (Å²) in [7, 11) is 0. The molecule has 7 aromatic heterocycles. The first-order chi connectivity index (χ1) is 41.9. The van der Waals surface area contributed by atoms with Gasteiger partial charge >= 0.3 is 0 Å². The first kappa shape index (κ1) is 47.9. The smallest absolute Gasteiger partial charge is 0.146 e. The van der Waals surface area contributed by atoms with Gasteiger partial charge in [0.2, 0.25) is 0 Å². The Morgan fingerprint density at radius 3 is 1.33 bits per heavy atom. The fourth-order valence-corrected chi connectivity index (χ4v) is 15.4. The topological polar surface area (TPSA) is 31.6 Å². The average molecular weight is 1100 g/mol. The van der Waals surface area contributed by atoms with Crippen molar-refractivity contribution in [3.63, 3.8) is 0 Å². The molecule has 0 saturated carbocycles. The normalized spacial score (nSPS) is 13.0. The Balaban J connectivity index is 0.963. The highest BCUT2D eigenvalue weighted by Gasteiger charge is 2.31. The van der Waals surface area contributed by atoms with Crippen LogP contribution in [-0.4, -0.2) is 22.9 Å². The minimum atomic E-state index is -0.134. The number of rotatable bonds is 4. The first-order valence-corrected chi connectivity index (χ1v) is 30.3. The van der Waals surface area contributed by atoms with Gasteiger partial charge in [-0.3, -0.25) is 4.40 Å². The number of hydrogen-bond donors (Lipinski definition) is 0. The number of pyridine rings is 1. The number of fused-ring (bicyclic) bond motifs is 22. The fourth-order valence-electron chi connectivity index (χ4n) is 15.4. The molecule has 12 aromatic carbocycles. The van der Waals surface area contributed by atoms with Crippen LogP contribution in [0.25, 0.3) is 175 Å². The Morgan fingerprint density at radius 1 is 0.291 bits per heavy atom. The lowest BCUT2D eigenvalue weighted by Crippen LogP contribution is -2.11. The van der Waals surface area contributed by atoms with Crippen molar-refractivity contribution in [2.45, 2.75) is 52.4 Å². The molecule has 0 unspecified atom stereocenters. The van der Waals surface area contributed by atoms with E-state index in [1.54, 1.807) is 0 Å². The van der Waals surface area contributed by atoms with E-state index in [0.29, 0.717) is 0 Å². The molecular weight excluding hydrogens is 1040 g/mol. The molecule has 5 nitrogen and oxygen atoms in total. The maximum absolute atomic E-state index is 6.17. The zero-order valence-electron chi connectivity index (χ0n) is 48.8. The summed E-state index contributed by atoms with van der Waals surface area (Å²) in [5.74, 6) is 0. The molecule has 5 heteroatoms. The Hall–Kier alpha value is -10.5. The number of benzene rings is 12. The molecule has 0 bridgehead atoms. The van der Waals surface area contributed by atoms with E-state index in [4.69, 9.17) is 4.98 Å². The second-order valence-electron chi connectivity index (χ2n) is 26.3. The van der Waals surface area contributed by atoms with E-state index in [1.165, 1.54) is 153 Å². The van der Waals surface area contributed by atoms with E-state index < -0.39 is 0 Å². The molecular formula is C81H57N5. The van der Waals surface area contributed by atoms with Crippen LogP contribution in [0.3, 0.4) is 0 Å². The molecule has 19 aromatic rings. The van der Waals surface area contributed by atoms with Crippen LogP contribution in [0.1, 0.15) is 52.7 Å². The first-order valence-electron chi connectivity index (χ1n) is 30.3. The Labute approximate surface area is 495 Å². The Kier molecular flexibility index (Phi) is 9.28. The van der Waals surface area contributed by atoms with Gasteiger partial charge in [-0.05, 0) is 158 Å². The summed E-state index contributed by atoms with van der Waals surface area (Å²) < 4.78 is 10.0. The number of para-hydroxylation sites is 4. The van der Waals surface area contributed by atoms with Crippen molar-refractivity contribution in [3.05, 3.63) is 248 Å². The van der Waals surface area contributed by atoms with Crippen molar-refractivity contribution in [2.24, 2.45) is 0 Å². The molecule has 0 aliphatic carbocycles. The molecule has 0 N–H and O–H groups in total. The highest BCUT2D eigenvalue weighted by Crippen LogP contribution is 2.52. The summed E-state index contributed by atoms with van der Waals surface area (Å²) in [5, 5.41) is 18.5. The summed E-state index contributed by atoms with van der Waals surface area (Å²) in [6.45, 7) is 14.1. The van der Waals surface area contributed by atoms with Gasteiger partial charge in [0, 0.05) is 81.8 Å². The van der Waals surface area contributed by atoms with E-state index >= 15 is 0 Å². The van der Waals surface area contributed by atoms with Crippen molar-refractivity contribution in [1.82, 2.24) is 22.9 Å². The highest BCUT2D eigenvalue weighted by atomic mass is 15.0. The zero-order valence-corrected chi connectivity index (χ0v) is 48.8. The number of nitrogens with zero attached hydrogens (tertiary/aromatic N) is 5. The third-order valence-electron chi connectivity index (χ3n) is 19.4. The molecule has 7 heterocycles. The van der Waals surface area contributed by atoms with Gasteiger partial charge in [-0.15, -0.1) is 0 Å². The quantitative estimate of drug-likeness (QED) is 0.173. The molecule has 406 valence electrons. The molecule has 0 fully saturated rings. The van der Waals surface area contributed by atoms with Gasteiger partial charge in [-0.25, -0.2) is 4.98 Å². The monoisotopic (exact) mass is 1100 g/mol. The van der Waals surface area contributed by atoms with Gasteiger partial charge in [0.05, 0.1) is 55.2 Å². The lowest BCUT2D eigenvalue weighted by atomic mass is 9.83. The van der Waals surface area contributed by atoms with Crippen LogP contribution in [0.5, 0.6) is 0 Å². The molecule has 0 spiro atoms. The second kappa shape index (κ2) is 16.6. The predicted molar refractivity (Wildman–Crippen MR) is 366 cm³/mol. The predicted octanol–water partition coefficient (Wildman–Crippen LogP) is 21.8. The van der Waals surface area contributed by atoms with Crippen LogP contribution in [0.15, 0.2) is 237 Å². The lowest BCUT2D eigenvalue weighted by molar-refractivity contribution is 0.591. The van der Waals surface area contributed by atoms with Crippen molar-refractivity contribution < 1.29 is 0 Å². The van der Waals surface area contributed by atoms with Crippen LogP contribution < -0.4 is 0 Å². The minimum Gasteiger partial charge on any atom is -0.309 e. The molecule has 0 saturated heterocycles. The summed E-state index contributed by atoms with van der Waals surface area (Å²) in [5.41, 5.74) is 22.2. The number of aromatic nitrogens is 5. The molecule has 0 amide bonds. The lowest BCUT2D eigenvalue weighted by Gasteiger charge is -2.22. The highest BCUT2D eigenvalue weighted by molar-refractivity contribution is 6.38. The fraction of sp³-hybridized carbons (Fsp3) is 0.0988. The van der Waals surface area contributed by atoms with Crippen molar-refractivity contribution in [1.29, 1.82) is 0 Å². The van der Waals surface area contributed by atoms with Gasteiger partial charge in [0.25, 0.3) is 0 Å². The number of hydrogen-bond acceptors (Lipinski definition) is 1. The van der Waals surface area contributed by atoms with Crippen LogP contribution >= 0.6 is 0 Å². The van der Waals surface area contributed by atoms with E-state index in [9.17, 15) is 0 Å². The van der Waals surface area contributed by atoms with E-state index in [-0.39, 0.29) is 10.8 Å².